The maximum atomic E-state index is 13.7. The third kappa shape index (κ3) is 12.4. The Morgan fingerprint density at radius 3 is 1.74 bits per heavy atom. The number of ether oxygens (including phenoxy) is 3. The van der Waals surface area contributed by atoms with E-state index < -0.39 is 41.4 Å². The highest BCUT2D eigenvalue weighted by Crippen LogP contribution is 2.32. The number of carbonyl (C=O) groups excluding carboxylic acids is 2. The van der Waals surface area contributed by atoms with Gasteiger partial charge in [0, 0.05) is 21.8 Å². The van der Waals surface area contributed by atoms with Crippen molar-refractivity contribution in [3.8, 4) is 0 Å². The van der Waals surface area contributed by atoms with Gasteiger partial charge in [-0.1, -0.05) is 62.2 Å². The summed E-state index contributed by atoms with van der Waals surface area (Å²) in [4.78, 5) is 22.7. The molecule has 0 aliphatic carbocycles. The summed E-state index contributed by atoms with van der Waals surface area (Å²) < 4.78 is 69.1. The number of hydrogen-bond acceptors (Lipinski definition) is 6. The fourth-order valence-corrected chi connectivity index (χ4v) is 4.95. The van der Waals surface area contributed by atoms with E-state index in [1.807, 2.05) is 30.3 Å². The first-order valence-electron chi connectivity index (χ1n) is 13.4. The molecule has 6 nitrogen and oxygen atoms in total. The highest BCUT2D eigenvalue weighted by Gasteiger charge is 2.21. The summed E-state index contributed by atoms with van der Waals surface area (Å²) in [5.74, 6) is -4.72. The molecule has 3 rings (SSSR count). The molecule has 2 atom stereocenters. The molecule has 0 aliphatic rings. The summed E-state index contributed by atoms with van der Waals surface area (Å²) in [6.45, 7) is 4.26. The van der Waals surface area contributed by atoms with E-state index in [1.165, 1.54) is 0 Å². The third-order valence-electron chi connectivity index (χ3n) is 5.92. The van der Waals surface area contributed by atoms with Gasteiger partial charge < -0.3 is 19.3 Å². The van der Waals surface area contributed by atoms with Crippen molar-refractivity contribution in [2.45, 2.75) is 58.3 Å². The summed E-state index contributed by atoms with van der Waals surface area (Å²) in [7, 11) is 0. The number of aliphatic hydroxyl groups excluding tert-OH is 1. The fourth-order valence-electron chi connectivity index (χ4n) is 3.80. The maximum absolute atomic E-state index is 13.7. The topological polar surface area (TPSA) is 82.1 Å². The molecule has 0 bridgehead atoms. The lowest BCUT2D eigenvalue weighted by Gasteiger charge is -2.20. The van der Waals surface area contributed by atoms with Crippen molar-refractivity contribution >= 4 is 43.8 Å². The Hall–Kier alpha value is -2.80. The quantitative estimate of drug-likeness (QED) is 0.108. The first kappa shape index (κ1) is 36.4. The van der Waals surface area contributed by atoms with Gasteiger partial charge in [-0.05, 0) is 67.6 Å². The Labute approximate surface area is 264 Å². The van der Waals surface area contributed by atoms with Gasteiger partial charge in [0.15, 0.2) is 23.3 Å². The smallest absolute Gasteiger partial charge is 0.305 e. The molecule has 43 heavy (non-hydrogen) atoms. The molecule has 0 amide bonds. The number of rotatable bonds is 13. The summed E-state index contributed by atoms with van der Waals surface area (Å²) in [6, 6.07) is 13.5. The largest absolute Gasteiger partial charge is 0.466 e. The van der Waals surface area contributed by atoms with E-state index in [-0.39, 0.29) is 41.9 Å². The van der Waals surface area contributed by atoms with Crippen LogP contribution in [0.25, 0.3) is 0 Å². The molecule has 0 aliphatic heterocycles. The Bertz CT molecular complexity index is 1340. The van der Waals surface area contributed by atoms with E-state index in [9.17, 15) is 32.3 Å². The number of carbonyl (C=O) groups is 2. The number of esters is 2. The van der Waals surface area contributed by atoms with Gasteiger partial charge >= 0.3 is 11.9 Å². The SMILES string of the molecule is CCOC(=O)CCC(O)c1cc(F)c(F)cc1Br.CCOC(=O)CCC(OCc1ccccc1)c1cc(F)c(F)cc1Br. The minimum Gasteiger partial charge on any atom is -0.466 e. The molecular weight excluding hydrogens is 704 g/mol. The van der Waals surface area contributed by atoms with E-state index in [4.69, 9.17) is 14.2 Å². The van der Waals surface area contributed by atoms with E-state index in [1.54, 1.807) is 13.8 Å². The minimum absolute atomic E-state index is 0.0143. The van der Waals surface area contributed by atoms with Crippen molar-refractivity contribution < 1.29 is 46.5 Å². The highest BCUT2D eigenvalue weighted by molar-refractivity contribution is 9.10. The second kappa shape index (κ2) is 18.8. The molecule has 0 aromatic heterocycles. The molecule has 3 aromatic rings. The van der Waals surface area contributed by atoms with Crippen molar-refractivity contribution in [3.63, 3.8) is 0 Å². The number of halogens is 6. The zero-order valence-corrected chi connectivity index (χ0v) is 26.7. The predicted octanol–water partition coefficient (Wildman–Crippen LogP) is 8.43. The highest BCUT2D eigenvalue weighted by atomic mass is 79.9. The van der Waals surface area contributed by atoms with Crippen molar-refractivity contribution in [2.75, 3.05) is 13.2 Å². The second-order valence-corrected chi connectivity index (χ2v) is 10.8. The summed E-state index contributed by atoms with van der Waals surface area (Å²) in [5.41, 5.74) is 1.61. The average molecular weight is 736 g/mol. The van der Waals surface area contributed by atoms with Crippen molar-refractivity contribution in [3.05, 3.63) is 104 Å². The van der Waals surface area contributed by atoms with E-state index in [2.05, 4.69) is 31.9 Å². The van der Waals surface area contributed by atoms with E-state index >= 15 is 0 Å². The van der Waals surface area contributed by atoms with Crippen LogP contribution < -0.4 is 0 Å². The molecule has 3 aromatic carbocycles. The van der Waals surface area contributed by atoms with Crippen molar-refractivity contribution in [1.29, 1.82) is 0 Å². The van der Waals surface area contributed by atoms with Crippen LogP contribution in [-0.4, -0.2) is 30.3 Å². The standard InChI is InChI=1S/C19H19BrF2O3.C12H13BrF2O3/c1-2-24-19(23)9-8-18(25-12-13-6-4-3-5-7-13)14-10-16(21)17(22)11-15(14)20;1-2-18-12(17)4-3-11(16)7-5-9(14)10(15)6-8(7)13/h3-7,10-11,18H,2,8-9,12H2,1H3;5-6,11,16H,2-4H2,1H3. The van der Waals surface area contributed by atoms with Crippen LogP contribution in [0.15, 0.2) is 63.5 Å². The molecule has 12 heteroatoms. The van der Waals surface area contributed by atoms with E-state index in [0.717, 1.165) is 29.8 Å². The minimum atomic E-state index is -1.06. The van der Waals surface area contributed by atoms with Crippen LogP contribution in [-0.2, 0) is 30.4 Å². The van der Waals surface area contributed by atoms with Crippen LogP contribution in [0.1, 0.15) is 68.4 Å². The zero-order valence-electron chi connectivity index (χ0n) is 23.6. The van der Waals surface area contributed by atoms with Crippen molar-refractivity contribution in [1.82, 2.24) is 0 Å². The van der Waals surface area contributed by atoms with Gasteiger partial charge in [-0.15, -0.1) is 0 Å². The third-order valence-corrected chi connectivity index (χ3v) is 7.30. The van der Waals surface area contributed by atoms with Gasteiger partial charge in [0.2, 0.25) is 0 Å². The second-order valence-electron chi connectivity index (χ2n) is 9.06. The normalized spacial score (nSPS) is 12.1. The molecule has 0 saturated heterocycles. The summed E-state index contributed by atoms with van der Waals surface area (Å²) in [6.07, 6.45) is -1.11. The van der Waals surface area contributed by atoms with Gasteiger partial charge in [0.25, 0.3) is 0 Å². The summed E-state index contributed by atoms with van der Waals surface area (Å²) in [5, 5.41) is 9.81. The molecule has 0 fully saturated rings. The van der Waals surface area contributed by atoms with Crippen molar-refractivity contribution in [2.24, 2.45) is 0 Å². The molecule has 0 saturated carbocycles. The number of benzene rings is 3. The van der Waals surface area contributed by atoms with Gasteiger partial charge in [0.05, 0.1) is 32.0 Å². The summed E-state index contributed by atoms with van der Waals surface area (Å²) >= 11 is 6.28. The number of hydrogen-bond donors (Lipinski definition) is 1. The van der Waals surface area contributed by atoms with Crippen LogP contribution in [0, 0.1) is 23.3 Å². The molecular formula is C31H32Br2F4O6. The first-order valence-corrected chi connectivity index (χ1v) is 15.0. The van der Waals surface area contributed by atoms with Gasteiger partial charge in [-0.3, -0.25) is 9.59 Å². The number of aliphatic hydroxyl groups is 1. The van der Waals surface area contributed by atoms with Crippen LogP contribution in [0.3, 0.4) is 0 Å². The lowest BCUT2D eigenvalue weighted by atomic mass is 10.0. The molecule has 234 valence electrons. The lowest BCUT2D eigenvalue weighted by molar-refractivity contribution is -0.144. The fraction of sp³-hybridized carbons (Fsp3) is 0.355. The Morgan fingerprint density at radius 1 is 0.744 bits per heavy atom. The molecule has 0 radical (unpaired) electrons. The van der Waals surface area contributed by atoms with Gasteiger partial charge in [-0.25, -0.2) is 17.6 Å². The van der Waals surface area contributed by atoms with Gasteiger partial charge in [-0.2, -0.15) is 0 Å². The van der Waals surface area contributed by atoms with Crippen LogP contribution >= 0.6 is 31.9 Å². The van der Waals surface area contributed by atoms with E-state index in [0.29, 0.717) is 29.7 Å². The predicted molar refractivity (Wildman–Crippen MR) is 159 cm³/mol. The lowest BCUT2D eigenvalue weighted by Crippen LogP contribution is -2.11. The zero-order chi connectivity index (χ0) is 31.9. The monoisotopic (exact) mass is 734 g/mol. The molecule has 0 spiro atoms. The molecule has 0 heterocycles. The van der Waals surface area contributed by atoms with Gasteiger partial charge in [0.1, 0.15) is 0 Å². The van der Waals surface area contributed by atoms with Crippen LogP contribution in [0.5, 0.6) is 0 Å². The molecule has 1 N–H and O–H groups in total. The molecule has 2 unspecified atom stereocenters. The Morgan fingerprint density at radius 2 is 1.21 bits per heavy atom. The van der Waals surface area contributed by atoms with Crippen LogP contribution in [0.4, 0.5) is 17.6 Å². The maximum Gasteiger partial charge on any atom is 0.305 e. The average Bonchev–Trinajstić information content (AvgIpc) is 2.97. The Kier molecular flexibility index (Phi) is 15.9. The Balaban J connectivity index is 0.000000317. The van der Waals surface area contributed by atoms with Crippen LogP contribution in [0.2, 0.25) is 0 Å². The first-order chi connectivity index (χ1) is 20.5.